The maximum Gasteiger partial charge on any atom is 0.303 e. The van der Waals surface area contributed by atoms with Crippen molar-refractivity contribution in [2.24, 2.45) is 22.7 Å². The Hall–Kier alpha value is -1.81. The summed E-state index contributed by atoms with van der Waals surface area (Å²) in [5, 5.41) is 11.8. The van der Waals surface area contributed by atoms with Crippen LogP contribution in [0.4, 0.5) is 4.39 Å². The van der Waals surface area contributed by atoms with Crippen LogP contribution in [0.3, 0.4) is 0 Å². The molecule has 5 aliphatic rings. The van der Waals surface area contributed by atoms with Crippen LogP contribution >= 0.6 is 11.6 Å². The number of hydrogen-bond acceptors (Lipinski definition) is 8. The van der Waals surface area contributed by atoms with Crippen molar-refractivity contribution in [3.63, 3.8) is 0 Å². The van der Waals surface area contributed by atoms with Gasteiger partial charge in [0.1, 0.15) is 18.6 Å². The molecule has 0 aromatic carbocycles. The molecule has 1 aliphatic heterocycles. The van der Waals surface area contributed by atoms with Crippen LogP contribution in [0.15, 0.2) is 23.0 Å². The fourth-order valence-electron chi connectivity index (χ4n) is 8.75. The molecule has 0 spiro atoms. The van der Waals surface area contributed by atoms with Gasteiger partial charge in [0.25, 0.3) is 0 Å². The molecule has 0 bridgehead atoms. The van der Waals surface area contributed by atoms with Gasteiger partial charge < -0.3 is 24.1 Å². The van der Waals surface area contributed by atoms with E-state index in [9.17, 15) is 19.5 Å². The second-order valence-electron chi connectivity index (χ2n) is 12.6. The summed E-state index contributed by atoms with van der Waals surface area (Å²) >= 11 is 5.78. The number of aldehydes is 1. The van der Waals surface area contributed by atoms with Gasteiger partial charge in [-0.05, 0) is 62.7 Å². The number of esters is 1. The third-order valence-electron chi connectivity index (χ3n) is 10.3. The summed E-state index contributed by atoms with van der Waals surface area (Å²) in [6.07, 6.45) is 1.52. The Morgan fingerprint density at radius 3 is 2.62 bits per heavy atom. The van der Waals surface area contributed by atoms with Crippen LogP contribution in [0.2, 0.25) is 0 Å². The van der Waals surface area contributed by atoms with Crippen LogP contribution in [0.1, 0.15) is 66.7 Å². The van der Waals surface area contributed by atoms with E-state index in [-0.39, 0.29) is 12.8 Å². The van der Waals surface area contributed by atoms with Crippen molar-refractivity contribution in [2.75, 3.05) is 19.1 Å². The van der Waals surface area contributed by atoms with Gasteiger partial charge in [-0.25, -0.2) is 4.39 Å². The Morgan fingerprint density at radius 2 is 1.97 bits per heavy atom. The molecule has 0 aromatic rings. The molecule has 8 nitrogen and oxygen atoms in total. The lowest BCUT2D eigenvalue weighted by atomic mass is 9.44. The molecule has 5 rings (SSSR count). The van der Waals surface area contributed by atoms with Gasteiger partial charge in [-0.1, -0.05) is 13.8 Å². The summed E-state index contributed by atoms with van der Waals surface area (Å²) in [5.41, 5.74) is -4.76. The molecule has 39 heavy (non-hydrogen) atoms. The van der Waals surface area contributed by atoms with E-state index in [4.69, 9.17) is 30.5 Å². The molecule has 4 unspecified atom stereocenters. The molecule has 1 N–H and O–H groups in total. The highest BCUT2D eigenvalue weighted by Gasteiger charge is 2.80. The Kier molecular flexibility index (Phi) is 6.89. The number of ketones is 1. The average Bonchev–Trinajstić information content (AvgIpc) is 3.27. The maximum atomic E-state index is 17.8. The number of Topliss-reactive ketones (excluding diaryl/α,β-unsaturated/α-hetero) is 1. The molecule has 0 amide bonds. The Labute approximate surface area is 233 Å². The third-order valence-corrected chi connectivity index (χ3v) is 10.4. The Morgan fingerprint density at radius 1 is 1.26 bits per heavy atom. The topological polar surface area (TPSA) is 108 Å². The van der Waals surface area contributed by atoms with E-state index in [0.29, 0.717) is 48.7 Å². The molecular weight excluding hydrogens is 531 g/mol. The zero-order chi connectivity index (χ0) is 28.6. The van der Waals surface area contributed by atoms with Crippen molar-refractivity contribution in [3.8, 4) is 0 Å². The monoisotopic (exact) mass is 568 g/mol. The predicted molar refractivity (Wildman–Crippen MR) is 138 cm³/mol. The largest absolute Gasteiger partial charge is 0.497 e. The number of aliphatic hydroxyl groups excluding tert-OH is 1. The molecule has 4 aliphatic carbocycles. The van der Waals surface area contributed by atoms with E-state index >= 15 is 4.39 Å². The summed E-state index contributed by atoms with van der Waals surface area (Å²) in [4.78, 5) is 37.8. The lowest BCUT2D eigenvalue weighted by molar-refractivity contribution is -0.248. The van der Waals surface area contributed by atoms with E-state index in [1.54, 1.807) is 26.8 Å². The van der Waals surface area contributed by atoms with Crippen molar-refractivity contribution in [1.29, 1.82) is 0 Å². The number of rotatable bonds is 7. The highest BCUT2D eigenvalue weighted by atomic mass is 35.5. The lowest BCUT2D eigenvalue weighted by Crippen LogP contribution is -2.70. The molecule has 0 aromatic heterocycles. The number of aliphatic hydroxyl groups is 1. The number of ether oxygens (including phenoxy) is 4. The summed E-state index contributed by atoms with van der Waals surface area (Å²) < 4.78 is 41.3. The van der Waals surface area contributed by atoms with Crippen LogP contribution in [0.25, 0.3) is 0 Å². The van der Waals surface area contributed by atoms with Crippen molar-refractivity contribution in [1.82, 2.24) is 0 Å². The Bertz CT molecular complexity index is 1150. The molecule has 0 radical (unpaired) electrons. The molecule has 10 heteroatoms. The van der Waals surface area contributed by atoms with Crippen LogP contribution < -0.4 is 0 Å². The molecule has 8 atom stereocenters. The van der Waals surface area contributed by atoms with E-state index in [1.807, 2.05) is 6.92 Å². The standard InChI is InChI=1S/C29H38ClFO8/c1-16(33)37-15-23(35)29-24(38-25(2,3)39-29)12-20-21-10-17(14-32)19-11-18(36-9-8-30)6-7-26(19,4)28(21,31)22(34)13-27(20,29)5/h11,14,20-22,24,34H,6-10,12-13,15H2,1-5H3/t20?,21?,22?,24?,26-,27-,28-,29+/m0/s1. The van der Waals surface area contributed by atoms with Gasteiger partial charge >= 0.3 is 5.97 Å². The highest BCUT2D eigenvalue weighted by molar-refractivity contribution is 6.18. The number of carbonyl (C=O) groups is 3. The first kappa shape index (κ1) is 28.7. The number of hydrogen-bond donors (Lipinski definition) is 1. The van der Waals surface area contributed by atoms with Crippen molar-refractivity contribution in [3.05, 3.63) is 23.0 Å². The minimum atomic E-state index is -2.07. The Balaban J connectivity index is 1.61. The summed E-state index contributed by atoms with van der Waals surface area (Å²) in [6, 6.07) is 0. The number of carbonyl (C=O) groups excluding carboxylic acids is 3. The fraction of sp³-hybridized carbons (Fsp3) is 0.759. The number of halogens is 2. The van der Waals surface area contributed by atoms with Crippen LogP contribution in [0.5, 0.6) is 0 Å². The molecule has 1 heterocycles. The molecule has 1 saturated heterocycles. The first-order valence-corrected chi connectivity index (χ1v) is 14.2. The molecular formula is C29H38ClFO8. The molecule has 216 valence electrons. The first-order chi connectivity index (χ1) is 18.2. The van der Waals surface area contributed by atoms with Crippen LogP contribution in [-0.2, 0) is 33.3 Å². The van der Waals surface area contributed by atoms with E-state index in [1.165, 1.54) is 6.92 Å². The summed E-state index contributed by atoms with van der Waals surface area (Å²) in [5.74, 6) is -2.43. The van der Waals surface area contributed by atoms with Gasteiger partial charge in [-0.15, -0.1) is 11.6 Å². The van der Waals surface area contributed by atoms with E-state index in [2.05, 4.69) is 0 Å². The second-order valence-corrected chi connectivity index (χ2v) is 13.0. The first-order valence-electron chi connectivity index (χ1n) is 13.7. The van der Waals surface area contributed by atoms with Crippen molar-refractivity contribution in [2.45, 2.75) is 96.0 Å². The summed E-state index contributed by atoms with van der Waals surface area (Å²) in [6.45, 7) is 8.07. The molecule has 2 saturated carbocycles. The number of alkyl halides is 2. The quantitative estimate of drug-likeness (QED) is 0.279. The second kappa shape index (κ2) is 9.36. The minimum absolute atomic E-state index is 0.0506. The van der Waals surface area contributed by atoms with Gasteiger partial charge in [-0.3, -0.25) is 14.4 Å². The van der Waals surface area contributed by atoms with Gasteiger partial charge in [-0.2, -0.15) is 0 Å². The van der Waals surface area contributed by atoms with Crippen LogP contribution in [-0.4, -0.2) is 71.5 Å². The zero-order valence-electron chi connectivity index (χ0n) is 23.2. The predicted octanol–water partition coefficient (Wildman–Crippen LogP) is 3.96. The van der Waals surface area contributed by atoms with Crippen molar-refractivity contribution >= 4 is 29.6 Å². The van der Waals surface area contributed by atoms with Gasteiger partial charge in [0.15, 0.2) is 18.0 Å². The number of allylic oxidation sites excluding steroid dienone is 4. The third kappa shape index (κ3) is 3.82. The van der Waals surface area contributed by atoms with Crippen LogP contribution in [0, 0.1) is 22.7 Å². The SMILES string of the molecule is CC(=O)OCC(=O)[C@@]12OC(C)(C)OC1CC1C3CC(C=O)=C4C=C(OCCCl)CC[C@]4(C)[C@@]3(F)C(O)C[C@@]12C. The lowest BCUT2D eigenvalue weighted by Gasteiger charge is -2.63. The average molecular weight is 569 g/mol. The fourth-order valence-corrected chi connectivity index (χ4v) is 8.83. The highest BCUT2D eigenvalue weighted by Crippen LogP contribution is 2.72. The minimum Gasteiger partial charge on any atom is -0.497 e. The summed E-state index contributed by atoms with van der Waals surface area (Å²) in [7, 11) is 0. The molecule has 3 fully saturated rings. The zero-order valence-corrected chi connectivity index (χ0v) is 23.9. The van der Waals surface area contributed by atoms with Gasteiger partial charge in [0.05, 0.1) is 23.8 Å². The number of fused-ring (bicyclic) bond motifs is 7. The van der Waals surface area contributed by atoms with E-state index < -0.39 is 70.3 Å². The van der Waals surface area contributed by atoms with E-state index in [0.717, 1.165) is 6.29 Å². The normalized spacial score (nSPS) is 43.9. The maximum absolute atomic E-state index is 17.8. The smallest absolute Gasteiger partial charge is 0.303 e. The van der Waals surface area contributed by atoms with Gasteiger partial charge in [0, 0.05) is 30.1 Å². The van der Waals surface area contributed by atoms with Gasteiger partial charge in [0.2, 0.25) is 5.78 Å². The van der Waals surface area contributed by atoms with Crippen molar-refractivity contribution < 1.29 is 42.8 Å².